The lowest BCUT2D eigenvalue weighted by Gasteiger charge is -2.08. The van der Waals surface area contributed by atoms with Gasteiger partial charge in [0.15, 0.2) is 0 Å². The summed E-state index contributed by atoms with van der Waals surface area (Å²) in [4.78, 5) is 12.4. The van der Waals surface area contributed by atoms with Crippen LogP contribution in [0.25, 0.3) is 11.3 Å². The van der Waals surface area contributed by atoms with Crippen molar-refractivity contribution in [3.8, 4) is 22.8 Å². The van der Waals surface area contributed by atoms with E-state index in [1.165, 1.54) is 11.1 Å². The largest absolute Gasteiger partial charge is 0.497 e. The lowest BCUT2D eigenvalue weighted by Crippen LogP contribution is -2.26. The molecule has 3 aromatic rings. The molecular formula is C21H23N3O3. The molecule has 0 aliphatic heterocycles. The zero-order chi connectivity index (χ0) is 19.2. The highest BCUT2D eigenvalue weighted by molar-refractivity contribution is 5.93. The second kappa shape index (κ2) is 8.40. The van der Waals surface area contributed by atoms with Gasteiger partial charge >= 0.3 is 0 Å². The molecule has 3 rings (SSSR count). The number of methoxy groups -OCH3 is 2. The Kier molecular flexibility index (Phi) is 5.76. The number of aromatic nitrogens is 2. The number of aryl methyl sites for hydroxylation is 1. The summed E-state index contributed by atoms with van der Waals surface area (Å²) in [7, 11) is 3.19. The smallest absolute Gasteiger partial charge is 0.269 e. The number of carbonyl (C=O) groups excluding carboxylic acids is 1. The maximum atomic E-state index is 12.4. The van der Waals surface area contributed by atoms with Gasteiger partial charge in [0.2, 0.25) is 0 Å². The van der Waals surface area contributed by atoms with Gasteiger partial charge in [0.1, 0.15) is 17.2 Å². The monoisotopic (exact) mass is 365 g/mol. The van der Waals surface area contributed by atoms with Gasteiger partial charge in [0, 0.05) is 18.2 Å². The minimum absolute atomic E-state index is 0.187. The number of benzene rings is 2. The standard InChI is InChI=1S/C21H23N3O3/c1-14-4-6-15(7-5-14)10-11-22-21(25)19-13-18(23-24-19)17-9-8-16(26-2)12-20(17)27-3/h4-9,12-13H,10-11H2,1-3H3,(H,22,25)(H,23,24). The Bertz CT molecular complexity index is 917. The maximum absolute atomic E-state index is 12.4. The Balaban J connectivity index is 1.64. The van der Waals surface area contributed by atoms with Crippen molar-refractivity contribution in [1.29, 1.82) is 0 Å². The molecule has 1 aromatic heterocycles. The number of amides is 1. The van der Waals surface area contributed by atoms with Crippen LogP contribution in [-0.2, 0) is 6.42 Å². The molecule has 0 radical (unpaired) electrons. The quantitative estimate of drug-likeness (QED) is 0.673. The molecule has 0 unspecified atom stereocenters. The third kappa shape index (κ3) is 4.47. The molecule has 6 nitrogen and oxygen atoms in total. The van der Waals surface area contributed by atoms with E-state index in [0.29, 0.717) is 29.4 Å². The zero-order valence-corrected chi connectivity index (χ0v) is 15.7. The topological polar surface area (TPSA) is 76.2 Å². The van der Waals surface area contributed by atoms with Crippen molar-refractivity contribution in [3.63, 3.8) is 0 Å². The first-order valence-corrected chi connectivity index (χ1v) is 8.72. The molecule has 0 aliphatic carbocycles. The molecule has 1 amide bonds. The SMILES string of the molecule is COc1ccc(-c2cc(C(=O)NCCc3ccc(C)cc3)[nH]n2)c(OC)c1. The van der Waals surface area contributed by atoms with E-state index in [0.717, 1.165) is 12.0 Å². The normalized spacial score (nSPS) is 10.5. The number of carbonyl (C=O) groups is 1. The Labute approximate surface area is 158 Å². The molecule has 0 bridgehead atoms. The van der Waals surface area contributed by atoms with Crippen molar-refractivity contribution in [2.24, 2.45) is 0 Å². The molecule has 2 N–H and O–H groups in total. The number of hydrogen-bond acceptors (Lipinski definition) is 4. The van der Waals surface area contributed by atoms with E-state index in [2.05, 4.69) is 46.7 Å². The Morgan fingerprint density at radius 1 is 1.07 bits per heavy atom. The zero-order valence-electron chi connectivity index (χ0n) is 15.7. The number of nitrogens with zero attached hydrogens (tertiary/aromatic N) is 1. The van der Waals surface area contributed by atoms with Crippen LogP contribution in [0.4, 0.5) is 0 Å². The van der Waals surface area contributed by atoms with Gasteiger partial charge < -0.3 is 14.8 Å². The molecule has 0 saturated heterocycles. The number of aromatic amines is 1. The van der Waals surface area contributed by atoms with Gasteiger partial charge in [-0.25, -0.2) is 0 Å². The summed E-state index contributed by atoms with van der Waals surface area (Å²) in [6.45, 7) is 2.61. The van der Waals surface area contributed by atoms with E-state index in [1.807, 2.05) is 12.1 Å². The fourth-order valence-corrected chi connectivity index (χ4v) is 2.76. The number of ether oxygens (including phenoxy) is 2. The minimum Gasteiger partial charge on any atom is -0.497 e. The highest BCUT2D eigenvalue weighted by Gasteiger charge is 2.14. The van der Waals surface area contributed by atoms with Crippen LogP contribution in [0.5, 0.6) is 11.5 Å². The number of H-pyrrole nitrogens is 1. The van der Waals surface area contributed by atoms with E-state index in [9.17, 15) is 4.79 Å². The molecule has 1 heterocycles. The summed E-state index contributed by atoms with van der Waals surface area (Å²) < 4.78 is 10.6. The average molecular weight is 365 g/mol. The highest BCUT2D eigenvalue weighted by atomic mass is 16.5. The first-order valence-electron chi connectivity index (χ1n) is 8.72. The van der Waals surface area contributed by atoms with Crippen LogP contribution in [0.2, 0.25) is 0 Å². The molecular weight excluding hydrogens is 342 g/mol. The van der Waals surface area contributed by atoms with Gasteiger partial charge in [0.25, 0.3) is 5.91 Å². The first kappa shape index (κ1) is 18.5. The molecule has 0 aliphatic rings. The highest BCUT2D eigenvalue weighted by Crippen LogP contribution is 2.32. The molecule has 0 fully saturated rings. The van der Waals surface area contributed by atoms with Crippen molar-refractivity contribution in [3.05, 3.63) is 65.4 Å². The molecule has 27 heavy (non-hydrogen) atoms. The van der Waals surface area contributed by atoms with Crippen LogP contribution in [0.1, 0.15) is 21.6 Å². The minimum atomic E-state index is -0.187. The second-order valence-electron chi connectivity index (χ2n) is 6.22. The Morgan fingerprint density at radius 3 is 2.56 bits per heavy atom. The summed E-state index contributed by atoms with van der Waals surface area (Å²) in [5.74, 6) is 1.14. The fraction of sp³-hybridized carbons (Fsp3) is 0.238. The van der Waals surface area contributed by atoms with E-state index in [4.69, 9.17) is 9.47 Å². The van der Waals surface area contributed by atoms with Crippen LogP contribution in [0, 0.1) is 6.92 Å². The van der Waals surface area contributed by atoms with Crippen molar-refractivity contribution in [2.45, 2.75) is 13.3 Å². The predicted octanol–water partition coefficient (Wildman–Crippen LogP) is 3.37. The van der Waals surface area contributed by atoms with Gasteiger partial charge in [-0.15, -0.1) is 0 Å². The third-order valence-corrected chi connectivity index (χ3v) is 4.33. The lowest BCUT2D eigenvalue weighted by molar-refractivity contribution is 0.0949. The molecule has 0 atom stereocenters. The van der Waals surface area contributed by atoms with E-state index >= 15 is 0 Å². The average Bonchev–Trinajstić information content (AvgIpc) is 3.19. The van der Waals surface area contributed by atoms with Crippen molar-refractivity contribution in [2.75, 3.05) is 20.8 Å². The number of rotatable bonds is 7. The molecule has 140 valence electrons. The number of hydrogen-bond donors (Lipinski definition) is 2. The number of nitrogens with one attached hydrogen (secondary N) is 2. The van der Waals surface area contributed by atoms with Gasteiger partial charge in [-0.2, -0.15) is 5.10 Å². The summed E-state index contributed by atoms with van der Waals surface area (Å²) >= 11 is 0. The molecule has 0 spiro atoms. The van der Waals surface area contributed by atoms with Crippen LogP contribution < -0.4 is 14.8 Å². The van der Waals surface area contributed by atoms with Gasteiger partial charge in [-0.05, 0) is 37.1 Å². The molecule has 0 saturated carbocycles. The van der Waals surface area contributed by atoms with E-state index < -0.39 is 0 Å². The van der Waals surface area contributed by atoms with Crippen molar-refractivity contribution in [1.82, 2.24) is 15.5 Å². The lowest BCUT2D eigenvalue weighted by atomic mass is 10.1. The van der Waals surface area contributed by atoms with Gasteiger partial charge in [-0.1, -0.05) is 29.8 Å². The molecule has 2 aromatic carbocycles. The van der Waals surface area contributed by atoms with Gasteiger partial charge in [0.05, 0.1) is 19.9 Å². The van der Waals surface area contributed by atoms with Crippen LogP contribution in [-0.4, -0.2) is 36.9 Å². The van der Waals surface area contributed by atoms with Crippen molar-refractivity contribution < 1.29 is 14.3 Å². The Morgan fingerprint density at radius 2 is 1.85 bits per heavy atom. The van der Waals surface area contributed by atoms with Gasteiger partial charge in [-0.3, -0.25) is 9.89 Å². The molecule has 6 heteroatoms. The van der Waals surface area contributed by atoms with E-state index in [-0.39, 0.29) is 5.91 Å². The Hall–Kier alpha value is -3.28. The van der Waals surface area contributed by atoms with Crippen LogP contribution >= 0.6 is 0 Å². The first-order chi connectivity index (χ1) is 13.1. The summed E-state index contributed by atoms with van der Waals surface area (Å²) in [6.07, 6.45) is 0.777. The second-order valence-corrected chi connectivity index (χ2v) is 6.22. The third-order valence-electron chi connectivity index (χ3n) is 4.33. The summed E-state index contributed by atoms with van der Waals surface area (Å²) in [5, 5.41) is 9.94. The predicted molar refractivity (Wildman–Crippen MR) is 104 cm³/mol. The van der Waals surface area contributed by atoms with Crippen molar-refractivity contribution >= 4 is 5.91 Å². The van der Waals surface area contributed by atoms with E-state index in [1.54, 1.807) is 26.4 Å². The maximum Gasteiger partial charge on any atom is 0.269 e. The van der Waals surface area contributed by atoms with Crippen LogP contribution in [0.15, 0.2) is 48.5 Å². The summed E-state index contributed by atoms with van der Waals surface area (Å²) in [5.41, 5.74) is 4.24. The summed E-state index contributed by atoms with van der Waals surface area (Å²) in [6, 6.07) is 15.5. The van der Waals surface area contributed by atoms with Crippen LogP contribution in [0.3, 0.4) is 0 Å². The fourth-order valence-electron chi connectivity index (χ4n) is 2.76.